The monoisotopic (exact) mass is 184 g/mol. The Morgan fingerprint density at radius 3 is 2.92 bits per heavy atom. The molecule has 1 aromatic rings. The predicted octanol–water partition coefficient (Wildman–Crippen LogP) is 2.51. The molecule has 0 N–H and O–H groups in total. The topological polar surface area (TPSA) is 26.3 Å². The van der Waals surface area contributed by atoms with Crippen molar-refractivity contribution < 1.29 is 9.53 Å². The van der Waals surface area contributed by atoms with Crippen LogP contribution < -0.4 is 0 Å². The van der Waals surface area contributed by atoms with Crippen LogP contribution in [0.1, 0.15) is 23.8 Å². The molecule has 0 aliphatic heterocycles. The summed E-state index contributed by atoms with van der Waals surface area (Å²) in [5, 5.41) is 2.00. The molecule has 1 aromatic heterocycles. The van der Waals surface area contributed by atoms with Crippen LogP contribution in [0.3, 0.4) is 0 Å². The third-order valence-corrected chi connectivity index (χ3v) is 2.53. The van der Waals surface area contributed by atoms with Crippen molar-refractivity contribution in [2.24, 2.45) is 0 Å². The lowest BCUT2D eigenvalue weighted by atomic mass is 10.3. The van der Waals surface area contributed by atoms with Gasteiger partial charge in [-0.1, -0.05) is 6.92 Å². The van der Waals surface area contributed by atoms with Gasteiger partial charge in [-0.05, 0) is 18.4 Å². The molecule has 0 atom stereocenters. The summed E-state index contributed by atoms with van der Waals surface area (Å²) in [4.78, 5) is 12.0. The van der Waals surface area contributed by atoms with Crippen molar-refractivity contribution >= 4 is 17.3 Å². The van der Waals surface area contributed by atoms with Crippen LogP contribution in [0.2, 0.25) is 0 Å². The molecule has 0 saturated carbocycles. The van der Waals surface area contributed by atoms with Crippen LogP contribution in [0.25, 0.3) is 0 Å². The van der Waals surface area contributed by atoms with Gasteiger partial charge in [0.1, 0.15) is 6.61 Å². The minimum atomic E-state index is -0.138. The first-order chi connectivity index (χ1) is 5.74. The Labute approximate surface area is 76.2 Å². The van der Waals surface area contributed by atoms with E-state index in [1.54, 1.807) is 18.3 Å². The van der Waals surface area contributed by atoms with Crippen molar-refractivity contribution in [2.75, 3.05) is 0 Å². The predicted molar refractivity (Wildman–Crippen MR) is 49.1 cm³/mol. The van der Waals surface area contributed by atoms with Gasteiger partial charge < -0.3 is 4.74 Å². The smallest absolute Gasteiger partial charge is 0.305 e. The van der Waals surface area contributed by atoms with Gasteiger partial charge in [-0.15, -0.1) is 11.3 Å². The van der Waals surface area contributed by atoms with E-state index in [1.807, 2.05) is 18.4 Å². The Bertz CT molecular complexity index is 265. The van der Waals surface area contributed by atoms with Gasteiger partial charge in [0.05, 0.1) is 0 Å². The molecule has 66 valence electrons. The van der Waals surface area contributed by atoms with E-state index in [-0.39, 0.29) is 5.97 Å². The van der Waals surface area contributed by atoms with E-state index in [0.717, 1.165) is 5.56 Å². The Hall–Kier alpha value is -0.830. The molecule has 1 rings (SSSR count). The number of rotatable bonds is 3. The third kappa shape index (κ3) is 2.34. The lowest BCUT2D eigenvalue weighted by Crippen LogP contribution is -2.02. The van der Waals surface area contributed by atoms with Crippen molar-refractivity contribution in [3.05, 3.63) is 21.9 Å². The second-order valence-corrected chi connectivity index (χ2v) is 3.64. The Morgan fingerprint density at radius 1 is 1.67 bits per heavy atom. The van der Waals surface area contributed by atoms with E-state index in [9.17, 15) is 4.79 Å². The number of esters is 1. The normalized spacial score (nSPS) is 9.83. The van der Waals surface area contributed by atoms with Gasteiger partial charge >= 0.3 is 5.97 Å². The van der Waals surface area contributed by atoms with Crippen LogP contribution >= 0.6 is 11.3 Å². The maximum atomic E-state index is 10.8. The highest BCUT2D eigenvalue weighted by Gasteiger charge is 2.02. The van der Waals surface area contributed by atoms with Gasteiger partial charge in [0.2, 0.25) is 0 Å². The van der Waals surface area contributed by atoms with Crippen LogP contribution in [-0.4, -0.2) is 5.97 Å². The summed E-state index contributed by atoms with van der Waals surface area (Å²) in [5.74, 6) is -0.138. The zero-order chi connectivity index (χ0) is 8.97. The first-order valence-electron chi connectivity index (χ1n) is 3.92. The molecule has 0 amide bonds. The number of hydrogen-bond acceptors (Lipinski definition) is 3. The standard InChI is InChI=1S/C9H12O2S/c1-3-9(10)11-6-8-4-5-12-7(8)2/h4-5H,3,6H2,1-2H3. The summed E-state index contributed by atoms with van der Waals surface area (Å²) in [6.07, 6.45) is 0.448. The Balaban J connectivity index is 2.43. The molecular weight excluding hydrogens is 172 g/mol. The van der Waals surface area contributed by atoms with Gasteiger partial charge in [-0.2, -0.15) is 0 Å². The summed E-state index contributed by atoms with van der Waals surface area (Å²) < 4.78 is 4.98. The average Bonchev–Trinajstić information content (AvgIpc) is 2.47. The fourth-order valence-corrected chi connectivity index (χ4v) is 1.54. The highest BCUT2D eigenvalue weighted by molar-refractivity contribution is 7.10. The molecule has 3 heteroatoms. The van der Waals surface area contributed by atoms with Crippen molar-refractivity contribution in [1.82, 2.24) is 0 Å². The van der Waals surface area contributed by atoms with Gasteiger partial charge in [0.15, 0.2) is 0 Å². The second kappa shape index (κ2) is 4.26. The zero-order valence-electron chi connectivity index (χ0n) is 7.29. The Kier molecular flexibility index (Phi) is 3.29. The molecule has 0 saturated heterocycles. The summed E-state index contributed by atoms with van der Waals surface area (Å²) in [5.41, 5.74) is 1.11. The van der Waals surface area contributed by atoms with Crippen LogP contribution in [-0.2, 0) is 16.1 Å². The van der Waals surface area contributed by atoms with Crippen molar-refractivity contribution in [3.63, 3.8) is 0 Å². The molecule has 1 heterocycles. The van der Waals surface area contributed by atoms with E-state index < -0.39 is 0 Å². The number of ether oxygens (including phenoxy) is 1. The molecule has 0 aliphatic rings. The zero-order valence-corrected chi connectivity index (χ0v) is 8.11. The minimum Gasteiger partial charge on any atom is -0.461 e. The van der Waals surface area contributed by atoms with E-state index in [1.165, 1.54) is 4.88 Å². The number of thiophene rings is 1. The lowest BCUT2D eigenvalue weighted by Gasteiger charge is -2.01. The summed E-state index contributed by atoms with van der Waals surface area (Å²) in [6, 6.07) is 1.99. The molecule has 2 nitrogen and oxygen atoms in total. The molecule has 0 aromatic carbocycles. The van der Waals surface area contributed by atoms with E-state index in [2.05, 4.69) is 0 Å². The molecule has 0 radical (unpaired) electrons. The first kappa shape index (κ1) is 9.26. The van der Waals surface area contributed by atoms with E-state index in [4.69, 9.17) is 4.74 Å². The number of hydrogen-bond donors (Lipinski definition) is 0. The van der Waals surface area contributed by atoms with Gasteiger partial charge in [-0.25, -0.2) is 0 Å². The molecule has 0 fully saturated rings. The second-order valence-electron chi connectivity index (χ2n) is 2.52. The SMILES string of the molecule is CCC(=O)OCc1ccsc1C. The summed E-state index contributed by atoms with van der Waals surface area (Å²) in [7, 11) is 0. The van der Waals surface area contributed by atoms with Crippen molar-refractivity contribution in [3.8, 4) is 0 Å². The highest BCUT2D eigenvalue weighted by atomic mass is 32.1. The van der Waals surface area contributed by atoms with Crippen molar-refractivity contribution in [1.29, 1.82) is 0 Å². The van der Waals surface area contributed by atoms with E-state index in [0.29, 0.717) is 13.0 Å². The minimum absolute atomic E-state index is 0.138. The number of carbonyl (C=O) groups excluding carboxylic acids is 1. The summed E-state index contributed by atoms with van der Waals surface area (Å²) >= 11 is 1.67. The third-order valence-electron chi connectivity index (χ3n) is 1.64. The number of aryl methyl sites for hydroxylation is 1. The number of carbonyl (C=O) groups is 1. The molecule has 0 spiro atoms. The molecule has 12 heavy (non-hydrogen) atoms. The maximum Gasteiger partial charge on any atom is 0.305 e. The molecule has 0 aliphatic carbocycles. The van der Waals surface area contributed by atoms with Gasteiger partial charge in [-0.3, -0.25) is 4.79 Å². The molecule has 0 unspecified atom stereocenters. The van der Waals surface area contributed by atoms with Crippen LogP contribution in [0.4, 0.5) is 0 Å². The largest absolute Gasteiger partial charge is 0.461 e. The van der Waals surface area contributed by atoms with Crippen LogP contribution in [0.15, 0.2) is 11.4 Å². The quantitative estimate of drug-likeness (QED) is 0.675. The fourth-order valence-electron chi connectivity index (χ4n) is 0.821. The fraction of sp³-hybridized carbons (Fsp3) is 0.444. The summed E-state index contributed by atoms with van der Waals surface area (Å²) in [6.45, 7) is 4.24. The van der Waals surface area contributed by atoms with Crippen LogP contribution in [0.5, 0.6) is 0 Å². The van der Waals surface area contributed by atoms with E-state index >= 15 is 0 Å². The first-order valence-corrected chi connectivity index (χ1v) is 4.80. The maximum absolute atomic E-state index is 10.8. The Morgan fingerprint density at radius 2 is 2.42 bits per heavy atom. The lowest BCUT2D eigenvalue weighted by molar-refractivity contribution is -0.144. The highest BCUT2D eigenvalue weighted by Crippen LogP contribution is 2.15. The molecule has 0 bridgehead atoms. The van der Waals surface area contributed by atoms with Gasteiger partial charge in [0.25, 0.3) is 0 Å². The average molecular weight is 184 g/mol. The van der Waals surface area contributed by atoms with Crippen LogP contribution in [0, 0.1) is 6.92 Å². The van der Waals surface area contributed by atoms with Crippen molar-refractivity contribution in [2.45, 2.75) is 26.9 Å². The molecular formula is C9H12O2S. The van der Waals surface area contributed by atoms with Gasteiger partial charge in [0, 0.05) is 16.9 Å².